The second-order valence-corrected chi connectivity index (χ2v) is 6.06. The Kier molecular flexibility index (Phi) is 5.82. The summed E-state index contributed by atoms with van der Waals surface area (Å²) in [5.74, 6) is 0.524. The molecular weight excluding hydrogens is 265 g/mol. The minimum atomic E-state index is -3.52. The number of nitrogens with zero attached hydrogens (tertiary/aromatic N) is 2. The van der Waals surface area contributed by atoms with Crippen molar-refractivity contribution >= 4 is 30.9 Å². The van der Waals surface area contributed by atoms with Crippen LogP contribution in [0.5, 0.6) is 0 Å². The second kappa shape index (κ2) is 6.38. The van der Waals surface area contributed by atoms with Gasteiger partial charge in [0.25, 0.3) is 0 Å². The molecule has 0 bridgehead atoms. The van der Waals surface area contributed by atoms with Crippen molar-refractivity contribution in [1.29, 1.82) is 0 Å². The third kappa shape index (κ3) is 3.29. The largest absolute Gasteiger partial charge is 0.373 e. The standard InChI is InChI=1S/C7H14Cl2FN2O2P/c8-2-5-11(6-3-9)15(13)12(10)4-1-7-14-15/h1-7H2. The molecule has 0 aromatic rings. The lowest BCUT2D eigenvalue weighted by molar-refractivity contribution is 0.0481. The Bertz CT molecular complexity index is 241. The fourth-order valence-corrected chi connectivity index (χ4v) is 4.02. The molecule has 0 saturated carbocycles. The van der Waals surface area contributed by atoms with E-state index in [1.54, 1.807) is 0 Å². The number of hydrogen-bond acceptors (Lipinski definition) is 2. The Balaban J connectivity index is 2.73. The maximum absolute atomic E-state index is 13.4. The monoisotopic (exact) mass is 278 g/mol. The first-order chi connectivity index (χ1) is 7.15. The summed E-state index contributed by atoms with van der Waals surface area (Å²) in [6, 6.07) is 0. The van der Waals surface area contributed by atoms with Crippen LogP contribution in [0.2, 0.25) is 0 Å². The zero-order valence-electron chi connectivity index (χ0n) is 8.24. The smallest absolute Gasteiger partial charge is 0.304 e. The van der Waals surface area contributed by atoms with Crippen molar-refractivity contribution in [3.8, 4) is 0 Å². The van der Waals surface area contributed by atoms with Crippen LogP contribution >= 0.6 is 30.9 Å². The normalized spacial score (nSPS) is 28.5. The van der Waals surface area contributed by atoms with E-state index in [9.17, 15) is 9.05 Å². The molecule has 0 N–H and O–H groups in total. The summed E-state index contributed by atoms with van der Waals surface area (Å²) in [4.78, 5) is 0.273. The van der Waals surface area contributed by atoms with Crippen LogP contribution in [-0.4, -0.2) is 47.6 Å². The van der Waals surface area contributed by atoms with Gasteiger partial charge in [-0.15, -0.1) is 27.7 Å². The van der Waals surface area contributed by atoms with Gasteiger partial charge in [-0.3, -0.25) is 4.57 Å². The minimum Gasteiger partial charge on any atom is -0.304 e. The quantitative estimate of drug-likeness (QED) is 0.440. The van der Waals surface area contributed by atoms with Crippen LogP contribution in [0.1, 0.15) is 6.42 Å². The van der Waals surface area contributed by atoms with Crippen LogP contribution in [-0.2, 0) is 9.09 Å². The van der Waals surface area contributed by atoms with E-state index in [1.165, 1.54) is 4.67 Å². The second-order valence-electron chi connectivity index (χ2n) is 3.07. The fourth-order valence-electron chi connectivity index (χ4n) is 1.35. The molecule has 0 amide bonds. The molecule has 1 heterocycles. The van der Waals surface area contributed by atoms with Gasteiger partial charge in [0.2, 0.25) is 0 Å². The van der Waals surface area contributed by atoms with E-state index in [-0.39, 0.29) is 23.2 Å². The molecule has 1 unspecified atom stereocenters. The van der Waals surface area contributed by atoms with Gasteiger partial charge < -0.3 is 4.52 Å². The molecule has 8 heteroatoms. The van der Waals surface area contributed by atoms with Crippen LogP contribution in [0.3, 0.4) is 0 Å². The highest BCUT2D eigenvalue weighted by atomic mass is 35.5. The molecule has 1 aliphatic rings. The first-order valence-electron chi connectivity index (χ1n) is 4.71. The number of halogens is 3. The molecule has 1 fully saturated rings. The number of hydrogen-bond donors (Lipinski definition) is 0. The zero-order valence-corrected chi connectivity index (χ0v) is 10.6. The van der Waals surface area contributed by atoms with Crippen molar-refractivity contribution in [2.45, 2.75) is 6.42 Å². The highest BCUT2D eigenvalue weighted by Crippen LogP contribution is 2.56. The lowest BCUT2D eigenvalue weighted by Crippen LogP contribution is -2.35. The van der Waals surface area contributed by atoms with E-state index < -0.39 is 7.67 Å². The molecule has 1 saturated heterocycles. The molecule has 4 nitrogen and oxygen atoms in total. The molecular formula is C7H14Cl2FN2O2P. The van der Waals surface area contributed by atoms with Gasteiger partial charge in [0, 0.05) is 31.4 Å². The van der Waals surface area contributed by atoms with Gasteiger partial charge in [0.15, 0.2) is 0 Å². The van der Waals surface area contributed by atoms with Crippen molar-refractivity contribution in [2.24, 2.45) is 0 Å². The van der Waals surface area contributed by atoms with E-state index in [1.807, 2.05) is 0 Å². The molecule has 15 heavy (non-hydrogen) atoms. The Morgan fingerprint density at radius 1 is 1.40 bits per heavy atom. The van der Waals surface area contributed by atoms with Gasteiger partial charge in [-0.25, -0.2) is 4.67 Å². The van der Waals surface area contributed by atoms with Gasteiger partial charge in [-0.2, -0.15) is 0 Å². The van der Waals surface area contributed by atoms with Crippen molar-refractivity contribution in [3.05, 3.63) is 0 Å². The number of alkyl halides is 2. The summed E-state index contributed by atoms with van der Waals surface area (Å²) < 4.78 is 32.1. The molecule has 0 aromatic carbocycles. The highest BCUT2D eigenvalue weighted by Gasteiger charge is 2.41. The average Bonchev–Trinajstić information content (AvgIpc) is 2.22. The van der Waals surface area contributed by atoms with Gasteiger partial charge in [-0.1, -0.05) is 4.89 Å². The van der Waals surface area contributed by atoms with Crippen LogP contribution in [0.4, 0.5) is 4.48 Å². The fraction of sp³-hybridized carbons (Fsp3) is 1.00. The van der Waals surface area contributed by atoms with E-state index in [0.717, 1.165) is 0 Å². The molecule has 0 spiro atoms. The predicted molar refractivity (Wildman–Crippen MR) is 59.0 cm³/mol. The summed E-state index contributed by atoms with van der Waals surface area (Å²) in [5.41, 5.74) is 0. The van der Waals surface area contributed by atoms with Gasteiger partial charge in [0.05, 0.1) is 6.61 Å². The highest BCUT2D eigenvalue weighted by molar-refractivity contribution is 7.53. The maximum atomic E-state index is 13.4. The van der Waals surface area contributed by atoms with Crippen LogP contribution in [0.25, 0.3) is 0 Å². The van der Waals surface area contributed by atoms with Crippen molar-refractivity contribution in [3.63, 3.8) is 0 Å². The number of rotatable bonds is 5. The molecule has 0 radical (unpaired) electrons. The maximum Gasteiger partial charge on any atom is 0.373 e. The summed E-state index contributed by atoms with van der Waals surface area (Å²) in [6.07, 6.45) is 0.538. The van der Waals surface area contributed by atoms with Crippen LogP contribution in [0.15, 0.2) is 0 Å². The van der Waals surface area contributed by atoms with E-state index in [4.69, 9.17) is 27.7 Å². The van der Waals surface area contributed by atoms with Gasteiger partial charge >= 0.3 is 7.67 Å². The van der Waals surface area contributed by atoms with Crippen LogP contribution in [0, 0.1) is 0 Å². The minimum absolute atomic E-state index is 0.123. The zero-order chi connectivity index (χ0) is 11.3. The molecule has 1 rings (SSSR count). The molecule has 0 aliphatic carbocycles. The third-order valence-corrected chi connectivity index (χ3v) is 4.78. The Morgan fingerprint density at radius 3 is 2.47 bits per heavy atom. The van der Waals surface area contributed by atoms with Crippen molar-refractivity contribution in [2.75, 3.05) is 38.0 Å². The lowest BCUT2D eigenvalue weighted by atomic mass is 10.5. The van der Waals surface area contributed by atoms with Gasteiger partial charge in [-0.05, 0) is 6.42 Å². The predicted octanol–water partition coefficient (Wildman–Crippen LogP) is 2.48. The van der Waals surface area contributed by atoms with Crippen molar-refractivity contribution in [1.82, 2.24) is 9.56 Å². The summed E-state index contributed by atoms with van der Waals surface area (Å²) >= 11 is 11.1. The Morgan fingerprint density at radius 2 is 2.00 bits per heavy atom. The molecule has 1 atom stereocenters. The first-order valence-corrected chi connectivity index (χ1v) is 7.31. The summed E-state index contributed by atoms with van der Waals surface area (Å²) in [6.45, 7) is 1.02. The molecule has 90 valence electrons. The first kappa shape index (κ1) is 13.7. The lowest BCUT2D eigenvalue weighted by Gasteiger charge is -2.35. The molecule has 1 aliphatic heterocycles. The SMILES string of the molecule is O=P1(N(CCCl)CCCl)OCCCN1F. The Hall–Kier alpha value is 0.620. The van der Waals surface area contributed by atoms with E-state index >= 15 is 0 Å². The van der Waals surface area contributed by atoms with Crippen LogP contribution < -0.4 is 0 Å². The summed E-state index contributed by atoms with van der Waals surface area (Å²) in [7, 11) is -3.52. The summed E-state index contributed by atoms with van der Waals surface area (Å²) in [5, 5.41) is 0. The Labute approximate surface area is 98.8 Å². The van der Waals surface area contributed by atoms with E-state index in [2.05, 4.69) is 0 Å². The van der Waals surface area contributed by atoms with Crippen molar-refractivity contribution < 1.29 is 13.6 Å². The topological polar surface area (TPSA) is 32.8 Å². The van der Waals surface area contributed by atoms with E-state index in [0.29, 0.717) is 26.1 Å². The molecule has 0 aromatic heterocycles. The third-order valence-electron chi connectivity index (χ3n) is 2.06. The van der Waals surface area contributed by atoms with Gasteiger partial charge in [0.1, 0.15) is 0 Å². The average molecular weight is 279 g/mol.